The van der Waals surface area contributed by atoms with Gasteiger partial charge in [-0.05, 0) is 51.4 Å². The molecule has 0 saturated carbocycles. The van der Waals surface area contributed by atoms with Crippen LogP contribution < -0.4 is 10.2 Å². The van der Waals surface area contributed by atoms with E-state index in [1.807, 2.05) is 11.8 Å². The van der Waals surface area contributed by atoms with E-state index in [4.69, 9.17) is 4.74 Å². The van der Waals surface area contributed by atoms with Crippen molar-refractivity contribution in [2.75, 3.05) is 31.1 Å². The fourth-order valence-corrected chi connectivity index (χ4v) is 5.28. The van der Waals surface area contributed by atoms with Crippen molar-refractivity contribution in [1.82, 2.24) is 19.3 Å². The summed E-state index contributed by atoms with van der Waals surface area (Å²) in [5.74, 6) is 0.172. The molecule has 0 amide bonds. The summed E-state index contributed by atoms with van der Waals surface area (Å²) >= 11 is 0. The van der Waals surface area contributed by atoms with Gasteiger partial charge in [0.2, 0.25) is 0 Å². The van der Waals surface area contributed by atoms with Crippen LogP contribution in [0.3, 0.4) is 0 Å². The van der Waals surface area contributed by atoms with E-state index in [0.717, 1.165) is 24.9 Å². The van der Waals surface area contributed by atoms with E-state index in [1.165, 1.54) is 16.5 Å². The highest BCUT2D eigenvalue weighted by Gasteiger charge is 2.28. The van der Waals surface area contributed by atoms with Crippen molar-refractivity contribution in [2.24, 2.45) is 0 Å². The van der Waals surface area contributed by atoms with E-state index in [-0.39, 0.29) is 29.1 Å². The molecular formula is C22H27N5O4S. The maximum Gasteiger partial charge on any atom is 0.325 e. The van der Waals surface area contributed by atoms with Gasteiger partial charge in [-0.3, -0.25) is 4.79 Å². The van der Waals surface area contributed by atoms with Crippen molar-refractivity contribution in [2.45, 2.75) is 37.6 Å². The van der Waals surface area contributed by atoms with Gasteiger partial charge in [0.25, 0.3) is 10.0 Å². The number of benzene rings is 1. The lowest BCUT2D eigenvalue weighted by molar-refractivity contribution is -0.141. The van der Waals surface area contributed by atoms with E-state index in [1.54, 1.807) is 37.3 Å². The average Bonchev–Trinajstić information content (AvgIpc) is 3.24. The molecule has 0 radical (unpaired) electrons. The van der Waals surface area contributed by atoms with Crippen LogP contribution in [-0.4, -0.2) is 60.6 Å². The zero-order valence-electron chi connectivity index (χ0n) is 18.2. The number of hydrogen-bond acceptors (Lipinski definition) is 8. The van der Waals surface area contributed by atoms with Crippen molar-refractivity contribution in [3.05, 3.63) is 48.4 Å². The van der Waals surface area contributed by atoms with Crippen LogP contribution in [0.4, 0.5) is 5.82 Å². The average molecular weight is 458 g/mol. The predicted molar refractivity (Wildman–Crippen MR) is 121 cm³/mol. The first kappa shape index (κ1) is 22.2. The number of nitrogens with zero attached hydrogens (tertiary/aromatic N) is 4. The summed E-state index contributed by atoms with van der Waals surface area (Å²) in [6, 6.07) is 8.40. The molecule has 0 bridgehead atoms. The van der Waals surface area contributed by atoms with E-state index < -0.39 is 10.0 Å². The molecule has 1 N–H and O–H groups in total. The van der Waals surface area contributed by atoms with Crippen LogP contribution in [-0.2, 0) is 19.6 Å². The van der Waals surface area contributed by atoms with E-state index in [0.29, 0.717) is 24.4 Å². The number of piperidine rings is 1. The third-order valence-electron chi connectivity index (χ3n) is 5.59. The van der Waals surface area contributed by atoms with Crippen LogP contribution in [0.15, 0.2) is 47.8 Å². The number of hydrogen-bond donors (Lipinski definition) is 1. The SMILES string of the molecule is CCOC(=O)CN(c1ncnc2c1ccn2S(=O)(=O)c1ccc(C)cc1)[C@@H]1CCCNC1. The second-order valence-corrected chi connectivity index (χ2v) is 9.61. The van der Waals surface area contributed by atoms with Crippen LogP contribution in [0.1, 0.15) is 25.3 Å². The molecule has 1 saturated heterocycles. The maximum absolute atomic E-state index is 13.3. The summed E-state index contributed by atoms with van der Waals surface area (Å²) in [4.78, 5) is 23.1. The van der Waals surface area contributed by atoms with Gasteiger partial charge in [0, 0.05) is 18.8 Å². The molecule has 9 nitrogen and oxygen atoms in total. The molecule has 0 unspecified atom stereocenters. The number of nitrogens with one attached hydrogen (secondary N) is 1. The second kappa shape index (κ2) is 9.25. The summed E-state index contributed by atoms with van der Waals surface area (Å²) in [5, 5.41) is 3.92. The zero-order valence-corrected chi connectivity index (χ0v) is 19.0. The number of ether oxygens (including phenoxy) is 1. The van der Waals surface area contributed by atoms with Crippen LogP contribution in [0.25, 0.3) is 11.0 Å². The molecule has 1 atom stereocenters. The van der Waals surface area contributed by atoms with E-state index in [2.05, 4.69) is 15.3 Å². The van der Waals surface area contributed by atoms with Crippen molar-refractivity contribution in [1.29, 1.82) is 0 Å². The smallest absolute Gasteiger partial charge is 0.325 e. The number of aromatic nitrogens is 3. The van der Waals surface area contributed by atoms with Gasteiger partial charge in [0.15, 0.2) is 5.65 Å². The zero-order chi connectivity index (χ0) is 22.7. The van der Waals surface area contributed by atoms with Crippen LogP contribution in [0.5, 0.6) is 0 Å². The number of carbonyl (C=O) groups is 1. The van der Waals surface area contributed by atoms with Gasteiger partial charge in [-0.15, -0.1) is 0 Å². The highest BCUT2D eigenvalue weighted by atomic mass is 32.2. The van der Waals surface area contributed by atoms with Crippen LogP contribution in [0, 0.1) is 6.92 Å². The summed E-state index contributed by atoms with van der Waals surface area (Å²) in [5.41, 5.74) is 1.25. The monoisotopic (exact) mass is 457 g/mol. The molecule has 1 fully saturated rings. The first-order chi connectivity index (χ1) is 15.4. The summed E-state index contributed by atoms with van der Waals surface area (Å²) in [6.07, 6.45) is 4.69. The highest BCUT2D eigenvalue weighted by molar-refractivity contribution is 7.90. The Balaban J connectivity index is 1.78. The largest absolute Gasteiger partial charge is 0.465 e. The standard InChI is InChI=1S/C22H27N5O4S/c1-3-31-20(28)14-26(17-5-4-11-23-13-17)21-19-10-12-27(22(19)25-15-24-21)32(29,30)18-8-6-16(2)7-9-18/h6-10,12,15,17,23H,3-5,11,13-14H2,1-2H3/t17-/m1/s1. The fourth-order valence-electron chi connectivity index (χ4n) is 3.98. The van der Waals surface area contributed by atoms with Gasteiger partial charge in [0.1, 0.15) is 18.7 Å². The molecule has 10 heteroatoms. The van der Waals surface area contributed by atoms with Gasteiger partial charge in [-0.2, -0.15) is 0 Å². The number of fused-ring (bicyclic) bond motifs is 1. The Morgan fingerprint density at radius 1 is 1.25 bits per heavy atom. The van der Waals surface area contributed by atoms with Gasteiger partial charge in [-0.1, -0.05) is 17.7 Å². The minimum Gasteiger partial charge on any atom is -0.465 e. The number of carbonyl (C=O) groups excluding carboxylic acids is 1. The predicted octanol–water partition coefficient (Wildman–Crippen LogP) is 2.10. The number of aryl methyl sites for hydroxylation is 1. The molecule has 1 aromatic carbocycles. The molecule has 1 aliphatic heterocycles. The topological polar surface area (TPSA) is 106 Å². The Morgan fingerprint density at radius 2 is 2.03 bits per heavy atom. The van der Waals surface area contributed by atoms with Gasteiger partial charge < -0.3 is 15.0 Å². The van der Waals surface area contributed by atoms with Crippen LogP contribution in [0.2, 0.25) is 0 Å². The van der Waals surface area contributed by atoms with E-state index in [9.17, 15) is 13.2 Å². The first-order valence-electron chi connectivity index (χ1n) is 10.7. The Labute approximate surface area is 187 Å². The second-order valence-electron chi connectivity index (χ2n) is 7.80. The number of rotatable bonds is 7. The molecule has 1 aliphatic rings. The number of esters is 1. The molecule has 2 aromatic heterocycles. The lowest BCUT2D eigenvalue weighted by Gasteiger charge is -2.35. The van der Waals surface area contributed by atoms with Crippen molar-refractivity contribution in [3.63, 3.8) is 0 Å². The Kier molecular flexibility index (Phi) is 6.43. The molecular weight excluding hydrogens is 430 g/mol. The third-order valence-corrected chi connectivity index (χ3v) is 7.27. The lowest BCUT2D eigenvalue weighted by atomic mass is 10.1. The third kappa shape index (κ3) is 4.33. The fraction of sp³-hybridized carbons (Fsp3) is 0.409. The Hall–Kier alpha value is -2.98. The van der Waals surface area contributed by atoms with Crippen molar-refractivity contribution < 1.29 is 17.9 Å². The minimum absolute atomic E-state index is 0.0300. The first-order valence-corrected chi connectivity index (χ1v) is 12.1. The molecule has 170 valence electrons. The van der Waals surface area contributed by atoms with Crippen molar-refractivity contribution in [3.8, 4) is 0 Å². The molecule has 4 rings (SSSR count). The summed E-state index contributed by atoms with van der Waals surface area (Å²) in [7, 11) is -3.83. The van der Waals surface area contributed by atoms with Gasteiger partial charge >= 0.3 is 5.97 Å². The molecule has 0 aliphatic carbocycles. The molecule has 3 heterocycles. The maximum atomic E-state index is 13.3. The number of anilines is 1. The summed E-state index contributed by atoms with van der Waals surface area (Å²) in [6.45, 7) is 5.62. The Bertz CT molecular complexity index is 1200. The lowest BCUT2D eigenvalue weighted by Crippen LogP contribution is -2.48. The van der Waals surface area contributed by atoms with Gasteiger partial charge in [0.05, 0.1) is 16.9 Å². The molecule has 32 heavy (non-hydrogen) atoms. The van der Waals surface area contributed by atoms with Crippen LogP contribution >= 0.6 is 0 Å². The van der Waals surface area contributed by atoms with E-state index >= 15 is 0 Å². The normalized spacial score (nSPS) is 16.8. The molecule has 3 aromatic rings. The van der Waals surface area contributed by atoms with Crippen molar-refractivity contribution >= 4 is 32.8 Å². The summed E-state index contributed by atoms with van der Waals surface area (Å²) < 4.78 is 32.9. The quantitative estimate of drug-likeness (QED) is 0.538. The highest BCUT2D eigenvalue weighted by Crippen LogP contribution is 2.29. The minimum atomic E-state index is -3.83. The Morgan fingerprint density at radius 3 is 2.72 bits per heavy atom. The molecule has 0 spiro atoms. The van der Waals surface area contributed by atoms with Gasteiger partial charge in [-0.25, -0.2) is 22.4 Å².